The fourth-order valence-corrected chi connectivity index (χ4v) is 4.28. The van der Waals surface area contributed by atoms with Crippen LogP contribution in [0.15, 0.2) is 48.5 Å². The molecule has 4 nitrogen and oxygen atoms in total. The molecule has 1 saturated carbocycles. The summed E-state index contributed by atoms with van der Waals surface area (Å²) in [6, 6.07) is 13.0. The van der Waals surface area contributed by atoms with Gasteiger partial charge in [-0.25, -0.2) is 4.39 Å². The van der Waals surface area contributed by atoms with E-state index in [4.69, 9.17) is 11.6 Å². The van der Waals surface area contributed by atoms with Gasteiger partial charge in [-0.05, 0) is 48.6 Å². The number of nitrogens with one attached hydrogen (secondary N) is 1. The van der Waals surface area contributed by atoms with E-state index in [1.54, 1.807) is 35.2 Å². The highest BCUT2D eigenvalue weighted by atomic mass is 35.5. The molecule has 1 N–H and O–H groups in total. The zero-order valence-electron chi connectivity index (χ0n) is 17.9. The van der Waals surface area contributed by atoms with Crippen LogP contribution in [0.3, 0.4) is 0 Å². The van der Waals surface area contributed by atoms with E-state index < -0.39 is 11.9 Å². The van der Waals surface area contributed by atoms with Gasteiger partial charge in [-0.2, -0.15) is 0 Å². The normalized spacial score (nSPS) is 15.3. The fraction of sp³-hybridized carbons (Fsp3) is 0.440. The molecule has 1 aliphatic rings. The smallest absolute Gasteiger partial charge is 0.243 e. The van der Waals surface area contributed by atoms with Crippen LogP contribution >= 0.6 is 11.6 Å². The van der Waals surface area contributed by atoms with Crippen LogP contribution in [0.5, 0.6) is 0 Å². The topological polar surface area (TPSA) is 49.4 Å². The molecule has 166 valence electrons. The molecule has 0 radical (unpaired) electrons. The molecule has 2 amide bonds. The molecule has 0 aromatic heterocycles. The van der Waals surface area contributed by atoms with Gasteiger partial charge in [0.05, 0.1) is 6.42 Å². The number of benzene rings is 2. The average molecular weight is 445 g/mol. The molecule has 1 unspecified atom stereocenters. The number of rotatable bonds is 8. The first-order valence-corrected chi connectivity index (χ1v) is 11.4. The van der Waals surface area contributed by atoms with Gasteiger partial charge >= 0.3 is 0 Å². The Morgan fingerprint density at radius 3 is 2.42 bits per heavy atom. The summed E-state index contributed by atoms with van der Waals surface area (Å²) in [5.74, 6) is -0.821. The largest absolute Gasteiger partial charge is 0.352 e. The predicted octanol–water partition coefficient (Wildman–Crippen LogP) is 5.28. The predicted molar refractivity (Wildman–Crippen MR) is 121 cm³/mol. The maximum absolute atomic E-state index is 14.2. The van der Waals surface area contributed by atoms with E-state index in [1.807, 2.05) is 19.1 Å². The van der Waals surface area contributed by atoms with Crippen LogP contribution in [0, 0.1) is 5.82 Å². The molecular weight excluding hydrogens is 415 g/mol. The van der Waals surface area contributed by atoms with Crippen molar-refractivity contribution in [2.75, 3.05) is 0 Å². The molecule has 0 saturated heterocycles. The lowest BCUT2D eigenvalue weighted by molar-refractivity contribution is -0.141. The summed E-state index contributed by atoms with van der Waals surface area (Å²) in [4.78, 5) is 28.0. The van der Waals surface area contributed by atoms with Crippen LogP contribution in [0.1, 0.15) is 56.6 Å². The van der Waals surface area contributed by atoms with Crippen molar-refractivity contribution in [3.8, 4) is 0 Å². The van der Waals surface area contributed by atoms with Crippen molar-refractivity contribution in [1.29, 1.82) is 0 Å². The molecular formula is C25H30ClFN2O2. The maximum Gasteiger partial charge on any atom is 0.243 e. The van der Waals surface area contributed by atoms with Crippen LogP contribution in [0.4, 0.5) is 4.39 Å². The Morgan fingerprint density at radius 2 is 1.77 bits per heavy atom. The third-order valence-corrected chi connectivity index (χ3v) is 6.16. The Labute approximate surface area is 188 Å². The summed E-state index contributed by atoms with van der Waals surface area (Å²) in [6.07, 6.45) is 5.77. The molecule has 3 rings (SSSR count). The number of carbonyl (C=O) groups is 2. The monoisotopic (exact) mass is 444 g/mol. The van der Waals surface area contributed by atoms with Crippen molar-refractivity contribution >= 4 is 23.4 Å². The van der Waals surface area contributed by atoms with Gasteiger partial charge in [0.2, 0.25) is 11.8 Å². The first-order valence-electron chi connectivity index (χ1n) is 11.1. The van der Waals surface area contributed by atoms with E-state index in [1.165, 1.54) is 12.5 Å². The maximum atomic E-state index is 14.2. The van der Waals surface area contributed by atoms with Gasteiger partial charge in [0.1, 0.15) is 11.9 Å². The van der Waals surface area contributed by atoms with Gasteiger partial charge in [0.15, 0.2) is 0 Å². The van der Waals surface area contributed by atoms with Crippen LogP contribution < -0.4 is 5.32 Å². The molecule has 0 heterocycles. The molecule has 1 atom stereocenters. The second-order valence-electron chi connectivity index (χ2n) is 8.18. The molecule has 2 aromatic carbocycles. The summed E-state index contributed by atoms with van der Waals surface area (Å²) in [5.41, 5.74) is 1.20. The standard InChI is InChI=1S/C25H30ClFN2O2/c1-2-23(25(31)28-21-9-4-3-5-10-21)29(17-18-12-14-20(26)15-13-18)24(30)16-19-8-6-7-11-22(19)27/h6-8,11-15,21,23H,2-5,9-10,16-17H2,1H3,(H,28,31). The molecule has 0 bridgehead atoms. The molecule has 31 heavy (non-hydrogen) atoms. The average Bonchev–Trinajstić information content (AvgIpc) is 2.77. The molecule has 2 aromatic rings. The van der Waals surface area contributed by atoms with Gasteiger partial charge < -0.3 is 10.2 Å². The summed E-state index contributed by atoms with van der Waals surface area (Å²) < 4.78 is 14.2. The first kappa shape index (κ1) is 23.3. The highest BCUT2D eigenvalue weighted by Crippen LogP contribution is 2.20. The van der Waals surface area contributed by atoms with Gasteiger partial charge in [0.25, 0.3) is 0 Å². The van der Waals surface area contributed by atoms with Crippen molar-refractivity contribution in [3.05, 3.63) is 70.5 Å². The van der Waals surface area contributed by atoms with Crippen LogP contribution in [-0.2, 0) is 22.6 Å². The van der Waals surface area contributed by atoms with Crippen molar-refractivity contribution < 1.29 is 14.0 Å². The number of nitrogens with zero attached hydrogens (tertiary/aromatic N) is 1. The third kappa shape index (κ3) is 6.54. The Kier molecular flexibility index (Phi) is 8.47. The van der Waals surface area contributed by atoms with Crippen molar-refractivity contribution in [2.24, 2.45) is 0 Å². The quantitative estimate of drug-likeness (QED) is 0.602. The van der Waals surface area contributed by atoms with Crippen molar-refractivity contribution in [2.45, 2.75) is 70.5 Å². The highest BCUT2D eigenvalue weighted by molar-refractivity contribution is 6.30. The summed E-state index contributed by atoms with van der Waals surface area (Å²) in [6.45, 7) is 2.16. The molecule has 6 heteroatoms. The minimum atomic E-state index is -0.614. The van der Waals surface area contributed by atoms with Crippen molar-refractivity contribution in [3.63, 3.8) is 0 Å². The highest BCUT2D eigenvalue weighted by Gasteiger charge is 2.30. The number of hydrogen-bond acceptors (Lipinski definition) is 2. The second-order valence-corrected chi connectivity index (χ2v) is 8.62. The van der Waals surface area contributed by atoms with Crippen LogP contribution in [0.2, 0.25) is 5.02 Å². The SMILES string of the molecule is CCC(C(=O)NC1CCCCC1)N(Cc1ccc(Cl)cc1)C(=O)Cc1ccccc1F. The third-order valence-electron chi connectivity index (χ3n) is 5.90. The minimum Gasteiger partial charge on any atom is -0.352 e. The van der Waals surface area contributed by atoms with E-state index >= 15 is 0 Å². The number of halogens is 2. The summed E-state index contributed by atoms with van der Waals surface area (Å²) in [5, 5.41) is 3.75. The van der Waals surface area contributed by atoms with E-state index in [-0.39, 0.29) is 30.8 Å². The fourth-order valence-electron chi connectivity index (χ4n) is 4.16. The Morgan fingerprint density at radius 1 is 1.10 bits per heavy atom. The molecule has 0 spiro atoms. The lowest BCUT2D eigenvalue weighted by Crippen LogP contribution is -2.52. The van der Waals surface area contributed by atoms with Gasteiger partial charge in [0, 0.05) is 17.6 Å². The Bertz CT molecular complexity index is 881. The van der Waals surface area contributed by atoms with Crippen LogP contribution in [0.25, 0.3) is 0 Å². The zero-order valence-corrected chi connectivity index (χ0v) is 18.7. The van der Waals surface area contributed by atoms with Gasteiger partial charge in [-0.1, -0.05) is 68.1 Å². The number of carbonyl (C=O) groups excluding carboxylic acids is 2. The lowest BCUT2D eigenvalue weighted by Gasteiger charge is -2.33. The van der Waals surface area contributed by atoms with Crippen LogP contribution in [-0.4, -0.2) is 28.8 Å². The Balaban J connectivity index is 1.81. The summed E-state index contributed by atoms with van der Waals surface area (Å²) >= 11 is 6.00. The zero-order chi connectivity index (χ0) is 22.2. The molecule has 0 aliphatic heterocycles. The first-order chi connectivity index (χ1) is 15.0. The summed E-state index contributed by atoms with van der Waals surface area (Å²) in [7, 11) is 0. The van der Waals surface area contributed by atoms with Gasteiger partial charge in [-0.3, -0.25) is 9.59 Å². The molecule has 1 aliphatic carbocycles. The van der Waals surface area contributed by atoms with Gasteiger partial charge in [-0.15, -0.1) is 0 Å². The van der Waals surface area contributed by atoms with E-state index in [9.17, 15) is 14.0 Å². The molecule has 1 fully saturated rings. The van der Waals surface area contributed by atoms with Crippen molar-refractivity contribution in [1.82, 2.24) is 10.2 Å². The lowest BCUT2D eigenvalue weighted by atomic mass is 9.95. The number of amides is 2. The Hall–Kier alpha value is -2.40. The van der Waals surface area contributed by atoms with E-state index in [0.29, 0.717) is 17.0 Å². The minimum absolute atomic E-state index is 0.0898. The van der Waals surface area contributed by atoms with E-state index in [2.05, 4.69) is 5.32 Å². The second kappa shape index (κ2) is 11.3. The van der Waals surface area contributed by atoms with E-state index in [0.717, 1.165) is 31.2 Å². The number of hydrogen-bond donors (Lipinski definition) is 1.